The van der Waals surface area contributed by atoms with Crippen molar-refractivity contribution >= 4 is 17.2 Å². The average Bonchev–Trinajstić information content (AvgIpc) is 3.24. The number of ether oxygens (including phenoxy) is 2. The van der Waals surface area contributed by atoms with Crippen LogP contribution in [0.1, 0.15) is 16.1 Å². The molecular weight excluding hydrogens is 431 g/mol. The van der Waals surface area contributed by atoms with Crippen molar-refractivity contribution in [3.05, 3.63) is 70.5 Å². The smallest absolute Gasteiger partial charge is 0.285 e. The van der Waals surface area contributed by atoms with E-state index in [0.717, 1.165) is 29.5 Å². The van der Waals surface area contributed by atoms with E-state index in [-0.39, 0.29) is 35.1 Å². The fourth-order valence-corrected chi connectivity index (χ4v) is 3.76. The van der Waals surface area contributed by atoms with Crippen molar-refractivity contribution in [2.75, 3.05) is 26.3 Å². The van der Waals surface area contributed by atoms with Gasteiger partial charge in [-0.3, -0.25) is 10.2 Å². The molecule has 1 amide bonds. The van der Waals surface area contributed by atoms with Crippen LogP contribution in [0.4, 0.5) is 13.2 Å². The molecule has 0 radical (unpaired) electrons. The van der Waals surface area contributed by atoms with Gasteiger partial charge in [0.05, 0.1) is 13.2 Å². The SMILES string of the molecule is O=C(NN1CCOCC1)c1csc(-c2ccc(OCc3ccc(F)cc3F)cc2F)n1. The zero-order valence-corrected chi connectivity index (χ0v) is 17.1. The van der Waals surface area contributed by atoms with Gasteiger partial charge in [-0.05, 0) is 24.3 Å². The number of morpholine rings is 1. The fourth-order valence-electron chi connectivity index (χ4n) is 2.94. The third-order valence-corrected chi connectivity index (χ3v) is 5.46. The van der Waals surface area contributed by atoms with E-state index >= 15 is 0 Å². The number of thiazole rings is 1. The van der Waals surface area contributed by atoms with E-state index in [0.29, 0.717) is 31.3 Å². The normalized spacial score (nSPS) is 14.4. The Labute approximate surface area is 180 Å². The first kappa shape index (κ1) is 21.3. The van der Waals surface area contributed by atoms with Crippen LogP contribution in [0.25, 0.3) is 10.6 Å². The van der Waals surface area contributed by atoms with Gasteiger partial charge in [0.2, 0.25) is 0 Å². The Morgan fingerprint density at radius 2 is 1.94 bits per heavy atom. The Kier molecular flexibility index (Phi) is 6.50. The van der Waals surface area contributed by atoms with Crippen LogP contribution in [0.15, 0.2) is 41.8 Å². The topological polar surface area (TPSA) is 63.7 Å². The molecular formula is C21H18F3N3O3S. The lowest BCUT2D eigenvalue weighted by Crippen LogP contribution is -2.48. The molecule has 6 nitrogen and oxygen atoms in total. The number of hydrogen-bond donors (Lipinski definition) is 1. The van der Waals surface area contributed by atoms with E-state index in [9.17, 15) is 18.0 Å². The molecule has 1 N–H and O–H groups in total. The molecule has 1 aliphatic heterocycles. The first-order valence-electron chi connectivity index (χ1n) is 9.45. The molecule has 0 spiro atoms. The summed E-state index contributed by atoms with van der Waals surface area (Å²) in [5, 5.41) is 3.66. The van der Waals surface area contributed by atoms with Gasteiger partial charge in [-0.25, -0.2) is 23.2 Å². The van der Waals surface area contributed by atoms with E-state index in [4.69, 9.17) is 9.47 Å². The highest BCUT2D eigenvalue weighted by Crippen LogP contribution is 2.29. The minimum Gasteiger partial charge on any atom is -0.489 e. The van der Waals surface area contributed by atoms with Gasteiger partial charge in [0.15, 0.2) is 0 Å². The van der Waals surface area contributed by atoms with Crippen molar-refractivity contribution in [1.82, 2.24) is 15.4 Å². The van der Waals surface area contributed by atoms with Crippen molar-refractivity contribution in [1.29, 1.82) is 0 Å². The van der Waals surface area contributed by atoms with Crippen LogP contribution in [0.2, 0.25) is 0 Å². The van der Waals surface area contributed by atoms with E-state index < -0.39 is 17.5 Å². The summed E-state index contributed by atoms with van der Waals surface area (Å²) in [7, 11) is 0. The van der Waals surface area contributed by atoms with Crippen LogP contribution in [0, 0.1) is 17.5 Å². The maximum absolute atomic E-state index is 14.6. The third kappa shape index (κ3) is 5.22. The Morgan fingerprint density at radius 1 is 1.13 bits per heavy atom. The lowest BCUT2D eigenvalue weighted by molar-refractivity contribution is 0.0125. The van der Waals surface area contributed by atoms with Crippen LogP contribution in [-0.2, 0) is 11.3 Å². The standard InChI is InChI=1S/C21H18F3N3O3S/c22-14-2-1-13(17(23)9-14)11-30-15-3-4-16(18(24)10-15)21-25-19(12-31-21)20(28)26-27-5-7-29-8-6-27/h1-4,9-10,12H,5-8,11H2,(H,26,28). The summed E-state index contributed by atoms with van der Waals surface area (Å²) in [6.07, 6.45) is 0. The predicted molar refractivity (Wildman–Crippen MR) is 108 cm³/mol. The number of carbonyl (C=O) groups is 1. The number of nitrogens with one attached hydrogen (secondary N) is 1. The predicted octanol–water partition coefficient (Wildman–Crippen LogP) is 3.78. The van der Waals surface area contributed by atoms with Gasteiger partial charge >= 0.3 is 0 Å². The van der Waals surface area contributed by atoms with Crippen molar-refractivity contribution in [2.45, 2.75) is 6.61 Å². The summed E-state index contributed by atoms with van der Waals surface area (Å²) < 4.78 is 51.9. The number of hydrazine groups is 1. The Hall–Kier alpha value is -2.95. The molecule has 10 heteroatoms. The molecule has 1 aliphatic rings. The molecule has 1 saturated heterocycles. The van der Waals surface area contributed by atoms with Crippen molar-refractivity contribution < 1.29 is 27.4 Å². The molecule has 0 aliphatic carbocycles. The summed E-state index contributed by atoms with van der Waals surface area (Å²) in [6, 6.07) is 7.32. The number of halogens is 3. The highest BCUT2D eigenvalue weighted by Gasteiger charge is 2.18. The summed E-state index contributed by atoms with van der Waals surface area (Å²) in [6.45, 7) is 2.07. The zero-order chi connectivity index (χ0) is 21.8. The maximum Gasteiger partial charge on any atom is 0.285 e. The Balaban J connectivity index is 1.41. The van der Waals surface area contributed by atoms with Crippen molar-refractivity contribution in [2.24, 2.45) is 0 Å². The van der Waals surface area contributed by atoms with Gasteiger partial charge in [0, 0.05) is 41.7 Å². The summed E-state index contributed by atoms with van der Waals surface area (Å²) in [5.74, 6) is -2.19. The first-order valence-corrected chi connectivity index (χ1v) is 10.3. The molecule has 3 aromatic rings. The van der Waals surface area contributed by atoms with Crippen LogP contribution in [-0.4, -0.2) is 42.2 Å². The summed E-state index contributed by atoms with van der Waals surface area (Å²) >= 11 is 1.15. The van der Waals surface area contributed by atoms with Crippen molar-refractivity contribution in [3.8, 4) is 16.3 Å². The molecule has 0 atom stereocenters. The number of aromatic nitrogens is 1. The minimum absolute atomic E-state index is 0.154. The number of rotatable bonds is 6. The van der Waals surface area contributed by atoms with Gasteiger partial charge in [-0.2, -0.15) is 0 Å². The first-order chi connectivity index (χ1) is 15.0. The molecule has 162 valence electrons. The molecule has 4 rings (SSSR count). The second-order valence-corrected chi connectivity index (χ2v) is 7.60. The number of amides is 1. The van der Waals surface area contributed by atoms with E-state index in [2.05, 4.69) is 10.4 Å². The van der Waals surface area contributed by atoms with E-state index in [1.54, 1.807) is 10.4 Å². The van der Waals surface area contributed by atoms with Crippen molar-refractivity contribution in [3.63, 3.8) is 0 Å². The molecule has 0 unspecified atom stereocenters. The number of carbonyl (C=O) groups excluding carboxylic acids is 1. The largest absolute Gasteiger partial charge is 0.489 e. The van der Waals surface area contributed by atoms with Gasteiger partial charge < -0.3 is 9.47 Å². The van der Waals surface area contributed by atoms with Gasteiger partial charge in [0.1, 0.15) is 40.5 Å². The highest BCUT2D eigenvalue weighted by molar-refractivity contribution is 7.13. The molecule has 2 aromatic carbocycles. The van der Waals surface area contributed by atoms with Crippen LogP contribution >= 0.6 is 11.3 Å². The lowest BCUT2D eigenvalue weighted by Gasteiger charge is -2.26. The number of benzene rings is 2. The third-order valence-electron chi connectivity index (χ3n) is 4.59. The van der Waals surface area contributed by atoms with Gasteiger partial charge in [0.25, 0.3) is 5.91 Å². The van der Waals surface area contributed by atoms with Crippen LogP contribution in [0.5, 0.6) is 5.75 Å². The monoisotopic (exact) mass is 449 g/mol. The quantitative estimate of drug-likeness (QED) is 0.621. The van der Waals surface area contributed by atoms with E-state index in [1.807, 2.05) is 0 Å². The molecule has 0 saturated carbocycles. The summed E-state index contributed by atoms with van der Waals surface area (Å²) in [4.78, 5) is 16.6. The molecule has 1 aromatic heterocycles. The second-order valence-electron chi connectivity index (χ2n) is 6.74. The summed E-state index contributed by atoms with van der Waals surface area (Å²) in [5.41, 5.74) is 3.32. The number of hydrogen-bond acceptors (Lipinski definition) is 6. The molecule has 0 bridgehead atoms. The minimum atomic E-state index is -0.734. The second kappa shape index (κ2) is 9.46. The average molecular weight is 449 g/mol. The Morgan fingerprint density at radius 3 is 2.68 bits per heavy atom. The molecule has 2 heterocycles. The number of nitrogens with zero attached hydrogens (tertiary/aromatic N) is 2. The fraction of sp³-hybridized carbons (Fsp3) is 0.238. The highest BCUT2D eigenvalue weighted by atomic mass is 32.1. The van der Waals surface area contributed by atoms with Crippen LogP contribution < -0.4 is 10.2 Å². The molecule has 31 heavy (non-hydrogen) atoms. The molecule has 1 fully saturated rings. The zero-order valence-electron chi connectivity index (χ0n) is 16.2. The van der Waals surface area contributed by atoms with Gasteiger partial charge in [-0.1, -0.05) is 0 Å². The Bertz CT molecular complexity index is 1090. The van der Waals surface area contributed by atoms with Crippen LogP contribution in [0.3, 0.4) is 0 Å². The van der Waals surface area contributed by atoms with E-state index in [1.165, 1.54) is 18.2 Å². The van der Waals surface area contributed by atoms with Gasteiger partial charge in [-0.15, -0.1) is 11.3 Å². The lowest BCUT2D eigenvalue weighted by atomic mass is 10.2. The maximum atomic E-state index is 14.6.